The SMILES string of the molecule is COC(=O)C1CN(C(C)C)CCN1C(=O)c1ccco1. The van der Waals surface area contributed by atoms with E-state index in [9.17, 15) is 9.59 Å². The van der Waals surface area contributed by atoms with Gasteiger partial charge in [-0.05, 0) is 26.0 Å². The predicted octanol–water partition coefficient (Wildman–Crippen LogP) is 0.987. The van der Waals surface area contributed by atoms with E-state index in [0.29, 0.717) is 19.1 Å². The first kappa shape index (κ1) is 14.6. The lowest BCUT2D eigenvalue weighted by Gasteiger charge is -2.41. The van der Waals surface area contributed by atoms with Crippen LogP contribution in [0.5, 0.6) is 0 Å². The van der Waals surface area contributed by atoms with Gasteiger partial charge in [0.25, 0.3) is 5.91 Å². The topological polar surface area (TPSA) is 63.0 Å². The first-order valence-electron chi connectivity index (χ1n) is 6.71. The summed E-state index contributed by atoms with van der Waals surface area (Å²) in [5.41, 5.74) is 0. The van der Waals surface area contributed by atoms with Crippen molar-refractivity contribution in [3.8, 4) is 0 Å². The average Bonchev–Trinajstić information content (AvgIpc) is 2.99. The average molecular weight is 280 g/mol. The van der Waals surface area contributed by atoms with Crippen LogP contribution in [-0.4, -0.2) is 60.5 Å². The number of piperazine rings is 1. The number of hydrogen-bond donors (Lipinski definition) is 0. The fourth-order valence-electron chi connectivity index (χ4n) is 2.40. The molecule has 6 heteroatoms. The normalized spacial score (nSPS) is 20.2. The van der Waals surface area contributed by atoms with Crippen molar-refractivity contribution >= 4 is 11.9 Å². The van der Waals surface area contributed by atoms with E-state index in [-0.39, 0.29) is 11.7 Å². The Kier molecular flexibility index (Phi) is 4.44. The Morgan fingerprint density at radius 3 is 2.70 bits per heavy atom. The van der Waals surface area contributed by atoms with Gasteiger partial charge in [-0.3, -0.25) is 9.69 Å². The van der Waals surface area contributed by atoms with E-state index in [1.165, 1.54) is 18.3 Å². The highest BCUT2D eigenvalue weighted by Gasteiger charge is 2.37. The van der Waals surface area contributed by atoms with Gasteiger partial charge in [-0.2, -0.15) is 0 Å². The second-order valence-electron chi connectivity index (χ2n) is 5.10. The number of furan rings is 1. The third kappa shape index (κ3) is 2.85. The molecule has 0 N–H and O–H groups in total. The Morgan fingerprint density at radius 1 is 1.40 bits per heavy atom. The summed E-state index contributed by atoms with van der Waals surface area (Å²) in [6.45, 7) is 5.84. The number of carbonyl (C=O) groups excluding carboxylic acids is 2. The lowest BCUT2D eigenvalue weighted by Crippen LogP contribution is -2.59. The van der Waals surface area contributed by atoms with Gasteiger partial charge in [0.1, 0.15) is 6.04 Å². The van der Waals surface area contributed by atoms with E-state index >= 15 is 0 Å². The van der Waals surface area contributed by atoms with Crippen LogP contribution in [0.4, 0.5) is 0 Å². The molecule has 1 aromatic heterocycles. The van der Waals surface area contributed by atoms with Gasteiger partial charge < -0.3 is 14.1 Å². The molecule has 2 rings (SSSR count). The highest BCUT2D eigenvalue weighted by atomic mass is 16.5. The molecule has 1 aliphatic heterocycles. The maximum atomic E-state index is 12.4. The van der Waals surface area contributed by atoms with E-state index in [1.54, 1.807) is 12.1 Å². The summed E-state index contributed by atoms with van der Waals surface area (Å²) in [7, 11) is 1.34. The minimum Gasteiger partial charge on any atom is -0.467 e. The van der Waals surface area contributed by atoms with Crippen LogP contribution < -0.4 is 0 Å². The van der Waals surface area contributed by atoms with Crippen LogP contribution in [0, 0.1) is 0 Å². The molecule has 1 atom stereocenters. The molecule has 20 heavy (non-hydrogen) atoms. The summed E-state index contributed by atoms with van der Waals surface area (Å²) in [6, 6.07) is 2.99. The molecular formula is C14H20N2O4. The van der Waals surface area contributed by atoms with Crippen molar-refractivity contribution in [3.05, 3.63) is 24.2 Å². The molecule has 1 saturated heterocycles. The number of hydrogen-bond acceptors (Lipinski definition) is 5. The van der Waals surface area contributed by atoms with Gasteiger partial charge in [-0.15, -0.1) is 0 Å². The minimum absolute atomic E-state index is 0.247. The molecule has 0 aromatic carbocycles. The van der Waals surface area contributed by atoms with Crippen molar-refractivity contribution in [2.45, 2.75) is 25.9 Å². The van der Waals surface area contributed by atoms with E-state index in [4.69, 9.17) is 9.15 Å². The van der Waals surface area contributed by atoms with Crippen LogP contribution in [0.25, 0.3) is 0 Å². The molecule has 1 amide bonds. The quantitative estimate of drug-likeness (QED) is 0.773. The number of carbonyl (C=O) groups is 2. The van der Waals surface area contributed by atoms with Crippen molar-refractivity contribution in [1.82, 2.24) is 9.80 Å². The molecular weight excluding hydrogens is 260 g/mol. The highest BCUT2D eigenvalue weighted by Crippen LogP contribution is 2.17. The Bertz CT molecular complexity index is 470. The van der Waals surface area contributed by atoms with Gasteiger partial charge in [-0.25, -0.2) is 4.79 Å². The molecule has 110 valence electrons. The van der Waals surface area contributed by atoms with E-state index in [1.807, 2.05) is 0 Å². The van der Waals surface area contributed by atoms with Crippen molar-refractivity contribution in [3.63, 3.8) is 0 Å². The standard InChI is InChI=1S/C14H20N2O4/c1-10(2)15-6-7-16(11(9-15)14(18)19-3)13(17)12-5-4-8-20-12/h4-5,8,10-11H,6-7,9H2,1-3H3. The zero-order valence-electron chi connectivity index (χ0n) is 12.0. The number of nitrogens with zero attached hydrogens (tertiary/aromatic N) is 2. The number of amides is 1. The molecule has 0 spiro atoms. The van der Waals surface area contributed by atoms with Gasteiger partial charge >= 0.3 is 5.97 Å². The Labute approximate surface area is 118 Å². The Morgan fingerprint density at radius 2 is 2.15 bits per heavy atom. The maximum Gasteiger partial charge on any atom is 0.329 e. The third-order valence-electron chi connectivity index (χ3n) is 3.61. The number of esters is 1. The Balaban J connectivity index is 2.18. The van der Waals surface area contributed by atoms with Gasteiger partial charge in [0.05, 0.1) is 13.4 Å². The first-order valence-corrected chi connectivity index (χ1v) is 6.71. The molecule has 1 aromatic rings. The fourth-order valence-corrected chi connectivity index (χ4v) is 2.40. The Hall–Kier alpha value is -1.82. The summed E-state index contributed by atoms with van der Waals surface area (Å²) in [5.74, 6) is -0.416. The van der Waals surface area contributed by atoms with Crippen LogP contribution in [0.15, 0.2) is 22.8 Å². The zero-order valence-corrected chi connectivity index (χ0v) is 12.0. The van der Waals surface area contributed by atoms with Crippen molar-refractivity contribution in [1.29, 1.82) is 0 Å². The highest BCUT2D eigenvalue weighted by molar-refractivity contribution is 5.94. The molecule has 1 unspecified atom stereocenters. The summed E-state index contributed by atoms with van der Waals surface area (Å²) in [6.07, 6.45) is 1.45. The van der Waals surface area contributed by atoms with Crippen LogP contribution in [0.3, 0.4) is 0 Å². The lowest BCUT2D eigenvalue weighted by molar-refractivity contribution is -0.148. The van der Waals surface area contributed by atoms with E-state index in [0.717, 1.165) is 6.54 Å². The maximum absolute atomic E-state index is 12.4. The zero-order chi connectivity index (χ0) is 14.7. The van der Waals surface area contributed by atoms with Crippen molar-refractivity contribution in [2.24, 2.45) is 0 Å². The number of methoxy groups -OCH3 is 1. The second-order valence-corrected chi connectivity index (χ2v) is 5.10. The van der Waals surface area contributed by atoms with Gasteiger partial charge in [0.2, 0.25) is 0 Å². The van der Waals surface area contributed by atoms with Gasteiger partial charge in [0.15, 0.2) is 5.76 Å². The summed E-state index contributed by atoms with van der Waals surface area (Å²) in [5, 5.41) is 0. The van der Waals surface area contributed by atoms with Crippen LogP contribution in [0.2, 0.25) is 0 Å². The molecule has 1 aliphatic rings. The van der Waals surface area contributed by atoms with Crippen LogP contribution in [0.1, 0.15) is 24.4 Å². The third-order valence-corrected chi connectivity index (χ3v) is 3.61. The van der Waals surface area contributed by atoms with Gasteiger partial charge in [0, 0.05) is 25.7 Å². The van der Waals surface area contributed by atoms with Crippen molar-refractivity contribution in [2.75, 3.05) is 26.7 Å². The summed E-state index contributed by atoms with van der Waals surface area (Å²) in [4.78, 5) is 28.0. The van der Waals surface area contributed by atoms with Crippen molar-refractivity contribution < 1.29 is 18.7 Å². The minimum atomic E-state index is -0.589. The largest absolute Gasteiger partial charge is 0.467 e. The van der Waals surface area contributed by atoms with E-state index in [2.05, 4.69) is 18.7 Å². The molecule has 0 aliphatic carbocycles. The molecule has 6 nitrogen and oxygen atoms in total. The molecule has 1 fully saturated rings. The molecule has 0 saturated carbocycles. The second kappa shape index (κ2) is 6.09. The monoisotopic (exact) mass is 280 g/mol. The van der Waals surface area contributed by atoms with Crippen LogP contribution in [-0.2, 0) is 9.53 Å². The van der Waals surface area contributed by atoms with Gasteiger partial charge in [-0.1, -0.05) is 0 Å². The predicted molar refractivity (Wildman–Crippen MR) is 72.3 cm³/mol. The molecule has 2 heterocycles. The summed E-state index contributed by atoms with van der Waals surface area (Å²) < 4.78 is 9.95. The summed E-state index contributed by atoms with van der Waals surface area (Å²) >= 11 is 0. The lowest BCUT2D eigenvalue weighted by atomic mass is 10.1. The first-order chi connectivity index (χ1) is 9.54. The smallest absolute Gasteiger partial charge is 0.329 e. The van der Waals surface area contributed by atoms with E-state index < -0.39 is 12.0 Å². The molecule has 0 bridgehead atoms. The number of ether oxygens (including phenoxy) is 1. The number of rotatable bonds is 3. The molecule has 0 radical (unpaired) electrons. The van der Waals surface area contributed by atoms with Crippen LogP contribution >= 0.6 is 0 Å². The fraction of sp³-hybridized carbons (Fsp3) is 0.571.